The monoisotopic (exact) mass is 507 g/mol. The lowest BCUT2D eigenvalue weighted by Crippen LogP contribution is -2.21. The van der Waals surface area contributed by atoms with E-state index in [2.05, 4.69) is 20.1 Å². The minimum absolute atomic E-state index is 0.197. The van der Waals surface area contributed by atoms with Crippen LogP contribution in [0.5, 0.6) is 5.75 Å². The molecule has 0 atom stereocenters. The van der Waals surface area contributed by atoms with Gasteiger partial charge in [-0.05, 0) is 38.1 Å². The Morgan fingerprint density at radius 2 is 1.74 bits per heavy atom. The molecule has 0 bridgehead atoms. The molecule has 190 valence electrons. The zero-order valence-corrected chi connectivity index (χ0v) is 18.4. The first kappa shape index (κ1) is 27.4. The number of ether oxygens (including phenoxy) is 1. The molecule has 1 amide bonds. The van der Waals surface area contributed by atoms with Crippen molar-refractivity contribution in [2.75, 3.05) is 5.32 Å². The second-order valence-electron chi connectivity index (χ2n) is 7.02. The van der Waals surface area contributed by atoms with Gasteiger partial charge in [-0.15, -0.1) is 13.2 Å². The molecule has 3 aromatic rings. The standard InChI is InChI=1S/C18H18F3N5O2.C2HF3O2/c1-9-13(17(27)24-16-14(8-22)10(2)26(3)25-16)7-11-6-12(28-18(19,20)21)4-5-15(11)23-9;3-2(4,5)1(6)7/h4-7H,8,22H2,1-3H3,(H,24,25,27);(H,6,7). The van der Waals surface area contributed by atoms with Gasteiger partial charge in [-0.25, -0.2) is 4.79 Å². The Bertz CT molecular complexity index is 1250. The molecular formula is C20H19F6N5O4. The molecule has 2 aromatic heterocycles. The third kappa shape index (κ3) is 7.05. The first-order valence-electron chi connectivity index (χ1n) is 9.54. The molecule has 0 spiro atoms. The Balaban J connectivity index is 0.000000540. The molecule has 0 aliphatic carbocycles. The fourth-order valence-corrected chi connectivity index (χ4v) is 2.85. The molecule has 0 radical (unpaired) electrons. The van der Waals surface area contributed by atoms with Crippen molar-refractivity contribution in [2.24, 2.45) is 12.8 Å². The normalized spacial score (nSPS) is 11.6. The molecule has 4 N–H and O–H groups in total. The van der Waals surface area contributed by atoms with Gasteiger partial charge < -0.3 is 20.9 Å². The van der Waals surface area contributed by atoms with Gasteiger partial charge in [-0.1, -0.05) is 0 Å². The van der Waals surface area contributed by atoms with E-state index in [4.69, 9.17) is 15.6 Å². The molecule has 15 heteroatoms. The van der Waals surface area contributed by atoms with Gasteiger partial charge in [0.05, 0.1) is 16.8 Å². The van der Waals surface area contributed by atoms with Crippen molar-refractivity contribution in [3.63, 3.8) is 0 Å². The molecule has 0 fully saturated rings. The van der Waals surface area contributed by atoms with Crippen molar-refractivity contribution in [1.29, 1.82) is 0 Å². The maximum Gasteiger partial charge on any atom is 0.573 e. The first-order valence-corrected chi connectivity index (χ1v) is 9.54. The minimum atomic E-state index is -5.08. The fourth-order valence-electron chi connectivity index (χ4n) is 2.85. The van der Waals surface area contributed by atoms with E-state index in [1.54, 1.807) is 18.7 Å². The molecule has 3 rings (SSSR count). The molecule has 2 heterocycles. The highest BCUT2D eigenvalue weighted by Crippen LogP contribution is 2.27. The summed E-state index contributed by atoms with van der Waals surface area (Å²) in [5, 5.41) is 14.4. The van der Waals surface area contributed by atoms with Crippen molar-refractivity contribution < 1.29 is 45.8 Å². The van der Waals surface area contributed by atoms with Crippen molar-refractivity contribution in [3.05, 3.63) is 46.8 Å². The Hall–Kier alpha value is -3.88. The molecule has 0 saturated carbocycles. The van der Waals surface area contributed by atoms with Crippen LogP contribution in [-0.2, 0) is 18.4 Å². The first-order chi connectivity index (χ1) is 16.0. The molecule has 0 unspecified atom stereocenters. The third-order valence-electron chi connectivity index (χ3n) is 4.59. The number of pyridine rings is 1. The van der Waals surface area contributed by atoms with E-state index in [1.807, 2.05) is 6.92 Å². The molecule has 0 saturated heterocycles. The number of carbonyl (C=O) groups is 2. The average Bonchev–Trinajstić information content (AvgIpc) is 2.98. The highest BCUT2D eigenvalue weighted by atomic mass is 19.4. The van der Waals surface area contributed by atoms with Crippen molar-refractivity contribution in [2.45, 2.75) is 32.9 Å². The maximum atomic E-state index is 12.7. The van der Waals surface area contributed by atoms with Gasteiger partial charge >= 0.3 is 18.5 Å². The number of nitrogens with two attached hydrogens (primary N) is 1. The quantitative estimate of drug-likeness (QED) is 0.458. The third-order valence-corrected chi connectivity index (χ3v) is 4.59. The van der Waals surface area contributed by atoms with Gasteiger partial charge in [-0.3, -0.25) is 14.5 Å². The van der Waals surface area contributed by atoms with Crippen LogP contribution in [0.15, 0.2) is 24.3 Å². The predicted octanol–water partition coefficient (Wildman–Crippen LogP) is 3.83. The van der Waals surface area contributed by atoms with Crippen molar-refractivity contribution in [1.82, 2.24) is 14.8 Å². The number of nitrogens with zero attached hydrogens (tertiary/aromatic N) is 3. The topological polar surface area (TPSA) is 132 Å². The van der Waals surface area contributed by atoms with Crippen LogP contribution < -0.4 is 15.8 Å². The van der Waals surface area contributed by atoms with E-state index in [-0.39, 0.29) is 17.9 Å². The lowest BCUT2D eigenvalue weighted by Gasteiger charge is -2.11. The Morgan fingerprint density at radius 1 is 1.14 bits per heavy atom. The van der Waals surface area contributed by atoms with Crippen LogP contribution in [0.4, 0.5) is 32.2 Å². The number of carboxylic acid groups (broad SMARTS) is 1. The number of alkyl halides is 6. The van der Waals surface area contributed by atoms with Crippen LogP contribution >= 0.6 is 0 Å². The molecule has 0 aliphatic rings. The Morgan fingerprint density at radius 3 is 2.26 bits per heavy atom. The van der Waals surface area contributed by atoms with Gasteiger partial charge in [0.15, 0.2) is 5.82 Å². The van der Waals surface area contributed by atoms with Gasteiger partial charge in [0.25, 0.3) is 5.91 Å². The van der Waals surface area contributed by atoms with Gasteiger partial charge in [-0.2, -0.15) is 18.3 Å². The lowest BCUT2D eigenvalue weighted by atomic mass is 10.1. The van der Waals surface area contributed by atoms with Crippen LogP contribution in [0, 0.1) is 13.8 Å². The molecule has 9 nitrogen and oxygen atoms in total. The number of anilines is 1. The summed E-state index contributed by atoms with van der Waals surface area (Å²) in [6, 6.07) is 5.22. The number of carbonyl (C=O) groups excluding carboxylic acids is 1. The van der Waals surface area contributed by atoms with Crippen LogP contribution in [-0.4, -0.2) is 44.3 Å². The summed E-state index contributed by atoms with van der Waals surface area (Å²) in [6.07, 6.45) is -9.89. The number of hydrogen-bond acceptors (Lipinski definition) is 6. The smallest absolute Gasteiger partial charge is 0.475 e. The average molecular weight is 507 g/mol. The van der Waals surface area contributed by atoms with E-state index in [0.717, 1.165) is 5.69 Å². The van der Waals surface area contributed by atoms with Gasteiger partial charge in [0.1, 0.15) is 5.75 Å². The van der Waals surface area contributed by atoms with Crippen molar-refractivity contribution in [3.8, 4) is 5.75 Å². The van der Waals surface area contributed by atoms with Crippen molar-refractivity contribution >= 4 is 28.6 Å². The van der Waals surface area contributed by atoms with Crippen LogP contribution in [0.3, 0.4) is 0 Å². The number of aromatic nitrogens is 3. The largest absolute Gasteiger partial charge is 0.573 e. The minimum Gasteiger partial charge on any atom is -0.475 e. The van der Waals surface area contributed by atoms with Crippen LogP contribution in [0.2, 0.25) is 0 Å². The summed E-state index contributed by atoms with van der Waals surface area (Å²) >= 11 is 0. The SMILES string of the molecule is Cc1nc2ccc(OC(F)(F)F)cc2cc1C(=O)Nc1nn(C)c(C)c1CN.O=C(O)C(F)(F)F. The summed E-state index contributed by atoms with van der Waals surface area (Å²) in [7, 11) is 1.73. The van der Waals surface area contributed by atoms with E-state index in [9.17, 15) is 31.1 Å². The zero-order valence-electron chi connectivity index (χ0n) is 18.4. The number of benzene rings is 1. The summed E-state index contributed by atoms with van der Waals surface area (Å²) < 4.78 is 74.6. The zero-order chi connectivity index (χ0) is 26.7. The fraction of sp³-hybridized carbons (Fsp3) is 0.300. The molecule has 1 aromatic carbocycles. The number of aliphatic carboxylic acids is 1. The Labute approximate surface area is 193 Å². The van der Waals surface area contributed by atoms with Gasteiger partial charge in [0.2, 0.25) is 0 Å². The van der Waals surface area contributed by atoms with E-state index in [0.29, 0.717) is 28.0 Å². The van der Waals surface area contributed by atoms with E-state index in [1.165, 1.54) is 24.3 Å². The van der Waals surface area contributed by atoms with E-state index >= 15 is 0 Å². The van der Waals surface area contributed by atoms with Crippen LogP contribution in [0.25, 0.3) is 10.9 Å². The number of halogens is 6. The Kier molecular flexibility index (Phi) is 7.95. The summed E-state index contributed by atoms with van der Waals surface area (Å²) in [6.45, 7) is 3.67. The number of nitrogens with one attached hydrogen (secondary N) is 1. The summed E-state index contributed by atoms with van der Waals surface area (Å²) in [5.74, 6) is -3.29. The second kappa shape index (κ2) is 10.2. The number of carboxylic acids is 1. The van der Waals surface area contributed by atoms with Gasteiger partial charge in [0, 0.05) is 30.2 Å². The van der Waals surface area contributed by atoms with E-state index < -0.39 is 24.4 Å². The predicted molar refractivity (Wildman–Crippen MR) is 111 cm³/mol. The number of amides is 1. The molecular weight excluding hydrogens is 488 g/mol. The number of aryl methyl sites for hydroxylation is 2. The number of rotatable bonds is 4. The maximum absolute atomic E-state index is 12.7. The summed E-state index contributed by atoms with van der Waals surface area (Å²) in [4.78, 5) is 25.9. The highest BCUT2D eigenvalue weighted by Gasteiger charge is 2.38. The molecule has 0 aliphatic heterocycles. The number of fused-ring (bicyclic) bond motifs is 1. The number of hydrogen-bond donors (Lipinski definition) is 3. The summed E-state index contributed by atoms with van der Waals surface area (Å²) in [5.41, 5.74) is 8.33. The second-order valence-corrected chi connectivity index (χ2v) is 7.02. The lowest BCUT2D eigenvalue weighted by molar-refractivity contribution is -0.274. The van der Waals surface area contributed by atoms with Crippen LogP contribution in [0.1, 0.15) is 27.3 Å². The highest BCUT2D eigenvalue weighted by molar-refractivity contribution is 6.06. The molecule has 35 heavy (non-hydrogen) atoms.